The summed E-state index contributed by atoms with van der Waals surface area (Å²) in [5.74, 6) is 0.987. The van der Waals surface area contributed by atoms with Gasteiger partial charge in [-0.2, -0.15) is 4.31 Å². The Hall–Kier alpha value is -2.71. The molecule has 3 aromatic rings. The van der Waals surface area contributed by atoms with Crippen molar-refractivity contribution in [3.63, 3.8) is 0 Å². The van der Waals surface area contributed by atoms with Crippen LogP contribution in [0.2, 0.25) is 0 Å². The molecule has 0 aliphatic carbocycles. The van der Waals surface area contributed by atoms with E-state index in [0.29, 0.717) is 36.6 Å². The van der Waals surface area contributed by atoms with Gasteiger partial charge in [0, 0.05) is 26.6 Å². The van der Waals surface area contributed by atoms with E-state index in [9.17, 15) is 13.2 Å². The zero-order valence-corrected chi connectivity index (χ0v) is 20.4. The molecule has 0 aliphatic rings. The highest BCUT2D eigenvalue weighted by Crippen LogP contribution is 2.26. The molecule has 2 aromatic carbocycles. The minimum Gasteiger partial charge on any atom is -0.426 e. The van der Waals surface area contributed by atoms with Crippen LogP contribution in [0.15, 0.2) is 35.2 Å². The molecule has 0 bridgehead atoms. The Kier molecular flexibility index (Phi) is 7.05. The number of nitrogens with zero attached hydrogens (tertiary/aromatic N) is 3. The number of aromatic nitrogens is 2. The largest absolute Gasteiger partial charge is 0.426 e. The van der Waals surface area contributed by atoms with E-state index in [-0.39, 0.29) is 17.3 Å². The zero-order valence-electron chi connectivity index (χ0n) is 19.6. The van der Waals surface area contributed by atoms with E-state index in [1.54, 1.807) is 18.2 Å². The van der Waals surface area contributed by atoms with Crippen molar-refractivity contribution in [1.29, 1.82) is 0 Å². The van der Waals surface area contributed by atoms with Gasteiger partial charge >= 0.3 is 5.97 Å². The first-order valence-corrected chi connectivity index (χ1v) is 12.3. The number of ether oxygens (including phenoxy) is 1. The second kappa shape index (κ2) is 9.42. The van der Waals surface area contributed by atoms with E-state index in [1.165, 1.54) is 4.31 Å². The van der Waals surface area contributed by atoms with Gasteiger partial charge < -0.3 is 9.30 Å². The van der Waals surface area contributed by atoms with Gasteiger partial charge in [0.05, 0.1) is 22.3 Å². The maximum absolute atomic E-state index is 12.8. The maximum Gasteiger partial charge on any atom is 0.311 e. The lowest BCUT2D eigenvalue weighted by Gasteiger charge is -2.18. The van der Waals surface area contributed by atoms with Crippen molar-refractivity contribution in [1.82, 2.24) is 13.9 Å². The van der Waals surface area contributed by atoms with Crippen molar-refractivity contribution in [2.75, 3.05) is 13.1 Å². The summed E-state index contributed by atoms with van der Waals surface area (Å²) in [7, 11) is -1.69. The molecule has 0 aliphatic heterocycles. The van der Waals surface area contributed by atoms with Gasteiger partial charge in [-0.15, -0.1) is 0 Å². The number of carbonyl (C=O) groups is 1. The number of imidazole rings is 1. The molecule has 3 rings (SSSR count). The third kappa shape index (κ3) is 4.71. The predicted molar refractivity (Wildman–Crippen MR) is 125 cm³/mol. The van der Waals surface area contributed by atoms with Gasteiger partial charge in [-0.3, -0.25) is 4.79 Å². The topological polar surface area (TPSA) is 81.5 Å². The van der Waals surface area contributed by atoms with Crippen molar-refractivity contribution < 1.29 is 17.9 Å². The lowest BCUT2D eigenvalue weighted by atomic mass is 10.1. The summed E-state index contributed by atoms with van der Waals surface area (Å²) in [6, 6.07) is 8.96. The Morgan fingerprint density at radius 3 is 2.28 bits per heavy atom. The Bertz CT molecular complexity index is 1230. The van der Waals surface area contributed by atoms with Crippen molar-refractivity contribution in [3.05, 3.63) is 52.8 Å². The second-order valence-electron chi connectivity index (χ2n) is 8.03. The smallest absolute Gasteiger partial charge is 0.311 e. The fourth-order valence-electron chi connectivity index (χ4n) is 4.03. The van der Waals surface area contributed by atoms with E-state index in [4.69, 9.17) is 4.74 Å². The molecular formula is C24H31N3O4S. The molecule has 1 heterocycles. The molecule has 0 amide bonds. The molecule has 1 aromatic heterocycles. The number of esters is 1. The molecule has 0 fully saturated rings. The minimum absolute atomic E-state index is 0.175. The SMILES string of the molecule is CCN(CC)S(=O)(=O)c1ccc2c(c1)nc(CCC(=O)Oc1c(C)cc(C)cc1C)n2C. The number of fused-ring (bicyclic) bond motifs is 1. The minimum atomic E-state index is -3.56. The lowest BCUT2D eigenvalue weighted by Crippen LogP contribution is -2.30. The summed E-state index contributed by atoms with van der Waals surface area (Å²) in [4.78, 5) is 17.3. The molecule has 0 saturated heterocycles. The van der Waals surface area contributed by atoms with Crippen LogP contribution in [-0.2, 0) is 28.3 Å². The van der Waals surface area contributed by atoms with Crippen molar-refractivity contribution in [3.8, 4) is 5.75 Å². The Morgan fingerprint density at radius 1 is 1.06 bits per heavy atom. The summed E-state index contributed by atoms with van der Waals surface area (Å²) < 4.78 is 34.6. The third-order valence-electron chi connectivity index (χ3n) is 5.66. The molecule has 0 unspecified atom stereocenters. The predicted octanol–water partition coefficient (Wildman–Crippen LogP) is 4.07. The highest BCUT2D eigenvalue weighted by molar-refractivity contribution is 7.89. The monoisotopic (exact) mass is 457 g/mol. The Labute approximate surface area is 190 Å². The van der Waals surface area contributed by atoms with Crippen LogP contribution in [0.3, 0.4) is 0 Å². The van der Waals surface area contributed by atoms with Crippen LogP contribution < -0.4 is 4.74 Å². The molecule has 0 atom stereocenters. The van der Waals surface area contributed by atoms with Crippen LogP contribution in [0.5, 0.6) is 5.75 Å². The number of carbonyl (C=O) groups excluding carboxylic acids is 1. The van der Waals surface area contributed by atoms with Crippen LogP contribution in [0.25, 0.3) is 11.0 Å². The summed E-state index contributed by atoms with van der Waals surface area (Å²) in [5.41, 5.74) is 4.40. The van der Waals surface area contributed by atoms with Gasteiger partial charge in [0.25, 0.3) is 0 Å². The van der Waals surface area contributed by atoms with E-state index in [1.807, 2.05) is 58.4 Å². The summed E-state index contributed by atoms with van der Waals surface area (Å²) >= 11 is 0. The van der Waals surface area contributed by atoms with Gasteiger partial charge in [0.2, 0.25) is 10.0 Å². The molecule has 8 heteroatoms. The van der Waals surface area contributed by atoms with Crippen LogP contribution in [-0.4, -0.2) is 41.3 Å². The van der Waals surface area contributed by atoms with E-state index in [2.05, 4.69) is 4.98 Å². The first-order valence-electron chi connectivity index (χ1n) is 10.8. The molecule has 0 spiro atoms. The number of benzene rings is 2. The lowest BCUT2D eigenvalue weighted by molar-refractivity contribution is -0.134. The Morgan fingerprint density at radius 2 is 1.69 bits per heavy atom. The van der Waals surface area contributed by atoms with Crippen LogP contribution in [0.4, 0.5) is 0 Å². The van der Waals surface area contributed by atoms with Crippen molar-refractivity contribution in [2.45, 2.75) is 52.4 Å². The second-order valence-corrected chi connectivity index (χ2v) is 9.97. The van der Waals surface area contributed by atoms with Gasteiger partial charge in [-0.25, -0.2) is 13.4 Å². The summed E-state index contributed by atoms with van der Waals surface area (Å²) in [6.45, 7) is 10.3. The van der Waals surface area contributed by atoms with Crippen molar-refractivity contribution >= 4 is 27.0 Å². The fraction of sp³-hybridized carbons (Fsp3) is 0.417. The summed E-state index contributed by atoms with van der Waals surface area (Å²) in [5, 5.41) is 0. The zero-order chi connectivity index (χ0) is 23.6. The first-order chi connectivity index (χ1) is 15.1. The van der Waals surface area contributed by atoms with Gasteiger partial charge in [-0.1, -0.05) is 31.5 Å². The highest BCUT2D eigenvalue weighted by atomic mass is 32.2. The standard InChI is InChI=1S/C24H31N3O4S/c1-7-27(8-2)32(29,30)19-9-10-21-20(15-19)25-22(26(21)6)11-12-23(28)31-24-17(4)13-16(3)14-18(24)5/h9-10,13-15H,7-8,11-12H2,1-6H3. The Balaban J connectivity index is 1.79. The third-order valence-corrected chi connectivity index (χ3v) is 7.71. The molecular weight excluding hydrogens is 426 g/mol. The van der Waals surface area contributed by atoms with Crippen LogP contribution >= 0.6 is 0 Å². The quantitative estimate of drug-likeness (QED) is 0.376. The number of hydrogen-bond donors (Lipinski definition) is 0. The van der Waals surface area contributed by atoms with Crippen LogP contribution in [0.1, 0.15) is 42.8 Å². The van der Waals surface area contributed by atoms with Gasteiger partial charge in [0.15, 0.2) is 0 Å². The van der Waals surface area contributed by atoms with E-state index < -0.39 is 10.0 Å². The highest BCUT2D eigenvalue weighted by Gasteiger charge is 2.23. The number of aryl methyl sites for hydroxylation is 5. The van der Waals surface area contributed by atoms with Crippen molar-refractivity contribution in [2.24, 2.45) is 7.05 Å². The van der Waals surface area contributed by atoms with Gasteiger partial charge in [0.1, 0.15) is 11.6 Å². The fourth-order valence-corrected chi connectivity index (χ4v) is 5.51. The molecule has 0 saturated carbocycles. The first kappa shape index (κ1) is 23.9. The molecule has 32 heavy (non-hydrogen) atoms. The molecule has 0 radical (unpaired) electrons. The van der Waals surface area contributed by atoms with E-state index >= 15 is 0 Å². The molecule has 7 nitrogen and oxygen atoms in total. The molecule has 0 N–H and O–H groups in total. The average molecular weight is 458 g/mol. The van der Waals surface area contributed by atoms with Crippen LogP contribution in [0, 0.1) is 20.8 Å². The summed E-state index contributed by atoms with van der Waals surface area (Å²) in [6.07, 6.45) is 0.570. The van der Waals surface area contributed by atoms with E-state index in [0.717, 1.165) is 22.2 Å². The number of hydrogen-bond acceptors (Lipinski definition) is 5. The normalized spacial score (nSPS) is 12.0. The number of rotatable bonds is 8. The maximum atomic E-state index is 12.8. The number of sulfonamides is 1. The average Bonchev–Trinajstić information content (AvgIpc) is 3.05. The molecule has 172 valence electrons. The van der Waals surface area contributed by atoms with Gasteiger partial charge in [-0.05, 0) is 50.1 Å².